The molecule has 4 nitrogen and oxygen atoms in total. The molecule has 2 N–H and O–H groups in total. The van der Waals surface area contributed by atoms with Crippen molar-refractivity contribution in [3.05, 3.63) is 29.0 Å². The molecular weight excluding hydrogens is 283 g/mol. The highest BCUT2D eigenvalue weighted by atomic mass is 35.5. The fraction of sp³-hybridized carbons (Fsp3) is 0.500. The normalized spacial score (nSPS) is 22.4. The number of hydrogen-bond donors (Lipinski definition) is 2. The number of carbonyl (C=O) groups excluding carboxylic acids is 1. The van der Waals surface area contributed by atoms with E-state index in [1.165, 1.54) is 18.2 Å². The predicted molar refractivity (Wildman–Crippen MR) is 75.5 cm³/mol. The van der Waals surface area contributed by atoms with E-state index >= 15 is 0 Å². The summed E-state index contributed by atoms with van der Waals surface area (Å²) >= 11 is 5.64. The summed E-state index contributed by atoms with van der Waals surface area (Å²) < 4.78 is 18.3. The van der Waals surface area contributed by atoms with Gasteiger partial charge < -0.3 is 15.4 Å². The maximum absolute atomic E-state index is 13.0. The zero-order valence-corrected chi connectivity index (χ0v) is 12.0. The fourth-order valence-corrected chi connectivity index (χ4v) is 2.38. The van der Waals surface area contributed by atoms with Gasteiger partial charge in [0.05, 0.1) is 5.02 Å². The molecule has 1 aliphatic heterocycles. The number of nitrogens with one attached hydrogen (secondary N) is 2. The molecular formula is C14H18ClFN2O2. The van der Waals surface area contributed by atoms with Crippen LogP contribution in [0.1, 0.15) is 19.8 Å². The molecule has 1 aliphatic rings. The first-order valence-corrected chi connectivity index (χ1v) is 7.04. The molecule has 0 saturated carbocycles. The Balaban J connectivity index is 1.81. The summed E-state index contributed by atoms with van der Waals surface area (Å²) in [4.78, 5) is 11.8. The van der Waals surface area contributed by atoms with Gasteiger partial charge in [0.1, 0.15) is 11.6 Å². The van der Waals surface area contributed by atoms with Crippen molar-refractivity contribution in [1.82, 2.24) is 10.6 Å². The van der Waals surface area contributed by atoms with E-state index in [1.807, 2.05) is 6.92 Å². The van der Waals surface area contributed by atoms with Gasteiger partial charge >= 0.3 is 0 Å². The van der Waals surface area contributed by atoms with Crippen LogP contribution in [0.2, 0.25) is 5.02 Å². The van der Waals surface area contributed by atoms with Gasteiger partial charge in [0, 0.05) is 18.2 Å². The summed E-state index contributed by atoms with van der Waals surface area (Å²) in [5.74, 6) is -0.321. The van der Waals surface area contributed by atoms with Crippen molar-refractivity contribution in [1.29, 1.82) is 0 Å². The Morgan fingerprint density at radius 1 is 1.60 bits per heavy atom. The highest BCUT2D eigenvalue weighted by Crippen LogP contribution is 2.20. The molecule has 2 rings (SSSR count). The van der Waals surface area contributed by atoms with E-state index in [4.69, 9.17) is 16.3 Å². The molecule has 110 valence electrons. The largest absolute Gasteiger partial charge is 0.484 e. The molecule has 0 aromatic heterocycles. The van der Waals surface area contributed by atoms with Gasteiger partial charge in [-0.25, -0.2) is 4.39 Å². The second-order valence-electron chi connectivity index (χ2n) is 4.92. The van der Waals surface area contributed by atoms with Crippen LogP contribution in [0.4, 0.5) is 4.39 Å². The monoisotopic (exact) mass is 300 g/mol. The number of carbonyl (C=O) groups is 1. The topological polar surface area (TPSA) is 50.4 Å². The lowest BCUT2D eigenvalue weighted by atomic mass is 10.00. The highest BCUT2D eigenvalue weighted by Gasteiger charge is 2.22. The van der Waals surface area contributed by atoms with Crippen LogP contribution in [0.3, 0.4) is 0 Å². The number of ether oxygens (including phenoxy) is 1. The van der Waals surface area contributed by atoms with Gasteiger partial charge in [-0.15, -0.1) is 0 Å². The third-order valence-electron chi connectivity index (χ3n) is 3.37. The SMILES string of the molecule is CC1NCCCC1NC(=O)COc1ccc(F)c(Cl)c1. The molecule has 1 aromatic rings. The Morgan fingerprint density at radius 2 is 2.40 bits per heavy atom. The smallest absolute Gasteiger partial charge is 0.258 e. The highest BCUT2D eigenvalue weighted by molar-refractivity contribution is 6.30. The number of piperidine rings is 1. The Hall–Kier alpha value is -1.33. The van der Waals surface area contributed by atoms with Crippen LogP contribution in [0.5, 0.6) is 5.75 Å². The number of amides is 1. The lowest BCUT2D eigenvalue weighted by Gasteiger charge is -2.30. The van der Waals surface area contributed by atoms with E-state index in [9.17, 15) is 9.18 Å². The van der Waals surface area contributed by atoms with Crippen LogP contribution >= 0.6 is 11.6 Å². The molecule has 20 heavy (non-hydrogen) atoms. The summed E-state index contributed by atoms with van der Waals surface area (Å²) in [6.07, 6.45) is 2.01. The minimum absolute atomic E-state index is 0.0204. The maximum Gasteiger partial charge on any atom is 0.258 e. The first kappa shape index (κ1) is 15.1. The average Bonchev–Trinajstić information content (AvgIpc) is 2.43. The van der Waals surface area contributed by atoms with Crippen molar-refractivity contribution in [2.24, 2.45) is 0 Å². The van der Waals surface area contributed by atoms with Crippen molar-refractivity contribution in [2.45, 2.75) is 31.8 Å². The first-order valence-electron chi connectivity index (χ1n) is 6.67. The molecule has 0 spiro atoms. The molecule has 0 aliphatic carbocycles. The Kier molecular flexibility index (Phi) is 5.20. The molecule has 1 amide bonds. The molecule has 2 atom stereocenters. The van der Waals surface area contributed by atoms with E-state index in [0.717, 1.165) is 19.4 Å². The Bertz CT molecular complexity index is 484. The molecule has 0 radical (unpaired) electrons. The predicted octanol–water partition coefficient (Wildman–Crippen LogP) is 2.11. The van der Waals surface area contributed by atoms with Crippen molar-refractivity contribution in [2.75, 3.05) is 13.2 Å². The minimum Gasteiger partial charge on any atom is -0.484 e. The zero-order valence-electron chi connectivity index (χ0n) is 11.3. The first-order chi connectivity index (χ1) is 9.56. The summed E-state index contributed by atoms with van der Waals surface area (Å²) in [7, 11) is 0. The van der Waals surface area contributed by atoms with Crippen LogP contribution in [0.15, 0.2) is 18.2 Å². The van der Waals surface area contributed by atoms with Gasteiger partial charge in [0.2, 0.25) is 0 Å². The molecule has 1 saturated heterocycles. The fourth-order valence-electron chi connectivity index (χ4n) is 2.21. The van der Waals surface area contributed by atoms with Crippen molar-refractivity contribution in [3.63, 3.8) is 0 Å². The summed E-state index contributed by atoms with van der Waals surface area (Å²) in [6, 6.07) is 4.39. The van der Waals surface area contributed by atoms with Gasteiger partial charge in [-0.3, -0.25) is 4.79 Å². The Morgan fingerprint density at radius 3 is 3.10 bits per heavy atom. The standard InChI is InChI=1S/C14H18ClFN2O2/c1-9-13(3-2-6-17-9)18-14(19)8-20-10-4-5-12(16)11(15)7-10/h4-5,7,9,13,17H,2-3,6,8H2,1H3,(H,18,19). The van der Waals surface area contributed by atoms with Crippen molar-refractivity contribution >= 4 is 17.5 Å². The summed E-state index contributed by atoms with van der Waals surface area (Å²) in [5.41, 5.74) is 0. The van der Waals surface area contributed by atoms with E-state index in [2.05, 4.69) is 10.6 Å². The second-order valence-corrected chi connectivity index (χ2v) is 5.33. The zero-order chi connectivity index (χ0) is 14.5. The van der Waals surface area contributed by atoms with Gasteiger partial charge in [-0.05, 0) is 38.4 Å². The summed E-state index contributed by atoms with van der Waals surface area (Å²) in [5, 5.41) is 6.22. The van der Waals surface area contributed by atoms with Gasteiger partial charge in [-0.2, -0.15) is 0 Å². The Labute approximate surface area is 122 Å². The molecule has 1 aromatic carbocycles. The van der Waals surface area contributed by atoms with E-state index in [1.54, 1.807) is 0 Å². The van der Waals surface area contributed by atoms with Crippen LogP contribution in [0, 0.1) is 5.82 Å². The third-order valence-corrected chi connectivity index (χ3v) is 3.66. The molecule has 2 unspecified atom stereocenters. The van der Waals surface area contributed by atoms with Crippen LogP contribution in [-0.2, 0) is 4.79 Å². The van der Waals surface area contributed by atoms with E-state index < -0.39 is 5.82 Å². The number of benzene rings is 1. The number of halogens is 2. The van der Waals surface area contributed by atoms with Crippen LogP contribution < -0.4 is 15.4 Å². The van der Waals surface area contributed by atoms with Gasteiger partial charge in [0.15, 0.2) is 6.61 Å². The van der Waals surface area contributed by atoms with Gasteiger partial charge in [0.25, 0.3) is 5.91 Å². The van der Waals surface area contributed by atoms with Gasteiger partial charge in [-0.1, -0.05) is 11.6 Å². The van der Waals surface area contributed by atoms with Crippen LogP contribution in [0.25, 0.3) is 0 Å². The van der Waals surface area contributed by atoms with E-state index in [0.29, 0.717) is 5.75 Å². The quantitative estimate of drug-likeness (QED) is 0.895. The third kappa shape index (κ3) is 4.08. The molecule has 0 bridgehead atoms. The maximum atomic E-state index is 13.0. The lowest BCUT2D eigenvalue weighted by molar-refractivity contribution is -0.124. The number of hydrogen-bond acceptors (Lipinski definition) is 3. The van der Waals surface area contributed by atoms with E-state index in [-0.39, 0.29) is 29.6 Å². The van der Waals surface area contributed by atoms with Crippen LogP contribution in [-0.4, -0.2) is 31.1 Å². The summed E-state index contributed by atoms with van der Waals surface area (Å²) in [6.45, 7) is 2.92. The molecule has 1 heterocycles. The average molecular weight is 301 g/mol. The molecule has 6 heteroatoms. The minimum atomic E-state index is -0.509. The lowest BCUT2D eigenvalue weighted by Crippen LogP contribution is -2.52. The van der Waals surface area contributed by atoms with Crippen molar-refractivity contribution in [3.8, 4) is 5.75 Å². The molecule has 1 fully saturated rings. The second kappa shape index (κ2) is 6.90. The van der Waals surface area contributed by atoms with Crippen molar-refractivity contribution < 1.29 is 13.9 Å². The number of rotatable bonds is 4.